The van der Waals surface area contributed by atoms with E-state index < -0.39 is 0 Å². The molecule has 1 unspecified atom stereocenters. The molecule has 0 aliphatic carbocycles. The summed E-state index contributed by atoms with van der Waals surface area (Å²) in [5.41, 5.74) is 3.75. The van der Waals surface area contributed by atoms with E-state index in [-0.39, 0.29) is 4.83 Å². The summed E-state index contributed by atoms with van der Waals surface area (Å²) in [6.07, 6.45) is 0.929. The molecule has 0 fully saturated rings. The average molecular weight is 372 g/mol. The molecule has 1 atom stereocenters. The van der Waals surface area contributed by atoms with Crippen molar-refractivity contribution in [1.29, 1.82) is 0 Å². The Labute approximate surface area is 125 Å². The second-order valence-corrected chi connectivity index (χ2v) is 6.25. The van der Waals surface area contributed by atoms with Crippen molar-refractivity contribution in [2.24, 2.45) is 0 Å². The molecule has 0 aliphatic rings. The zero-order valence-electron chi connectivity index (χ0n) is 10.8. The van der Waals surface area contributed by atoms with Crippen LogP contribution in [-0.4, -0.2) is 0 Å². The molecular formula is C15H16Br2O. The summed E-state index contributed by atoms with van der Waals surface area (Å²) in [6, 6.07) is 8.45. The Morgan fingerprint density at radius 1 is 1.17 bits per heavy atom. The van der Waals surface area contributed by atoms with Crippen molar-refractivity contribution in [3.63, 3.8) is 0 Å². The van der Waals surface area contributed by atoms with Crippen molar-refractivity contribution in [1.82, 2.24) is 0 Å². The third kappa shape index (κ3) is 2.72. The van der Waals surface area contributed by atoms with Gasteiger partial charge in [0.15, 0.2) is 0 Å². The Balaban J connectivity index is 2.39. The largest absolute Gasteiger partial charge is 0.465 e. The van der Waals surface area contributed by atoms with Crippen molar-refractivity contribution in [2.45, 2.75) is 32.0 Å². The third-order valence-corrected chi connectivity index (χ3v) is 4.90. The minimum atomic E-state index is 0.115. The van der Waals surface area contributed by atoms with Crippen LogP contribution in [0.1, 0.15) is 40.0 Å². The Morgan fingerprint density at radius 3 is 2.50 bits per heavy atom. The second-order valence-electron chi connectivity index (χ2n) is 4.48. The number of halogens is 2. The van der Waals surface area contributed by atoms with Crippen molar-refractivity contribution in [3.8, 4) is 0 Å². The van der Waals surface area contributed by atoms with E-state index in [0.29, 0.717) is 0 Å². The maximum absolute atomic E-state index is 5.82. The fourth-order valence-electron chi connectivity index (χ4n) is 1.95. The van der Waals surface area contributed by atoms with Crippen molar-refractivity contribution in [2.75, 3.05) is 0 Å². The molecule has 2 rings (SSSR count). The van der Waals surface area contributed by atoms with Crippen LogP contribution >= 0.6 is 31.9 Å². The van der Waals surface area contributed by atoms with Gasteiger partial charge >= 0.3 is 0 Å². The highest BCUT2D eigenvalue weighted by Crippen LogP contribution is 2.36. The van der Waals surface area contributed by atoms with Gasteiger partial charge in [-0.05, 0) is 48.7 Å². The van der Waals surface area contributed by atoms with E-state index in [1.807, 2.05) is 6.07 Å². The summed E-state index contributed by atoms with van der Waals surface area (Å²) < 4.78 is 6.97. The molecule has 1 nitrogen and oxygen atoms in total. The van der Waals surface area contributed by atoms with Gasteiger partial charge < -0.3 is 4.42 Å². The van der Waals surface area contributed by atoms with Crippen LogP contribution in [0.3, 0.4) is 0 Å². The molecule has 0 amide bonds. The molecule has 0 radical (unpaired) electrons. The van der Waals surface area contributed by atoms with Gasteiger partial charge in [-0.2, -0.15) is 0 Å². The van der Waals surface area contributed by atoms with Crippen LogP contribution in [0.15, 0.2) is 33.2 Å². The maximum Gasteiger partial charge on any atom is 0.122 e. The molecule has 0 saturated heterocycles. The van der Waals surface area contributed by atoms with Gasteiger partial charge in [-0.1, -0.05) is 44.8 Å². The number of rotatable bonds is 3. The van der Waals surface area contributed by atoms with Crippen LogP contribution in [0, 0.1) is 13.8 Å². The Bertz CT molecular complexity index is 558. The highest BCUT2D eigenvalue weighted by molar-refractivity contribution is 9.10. The van der Waals surface area contributed by atoms with E-state index in [9.17, 15) is 0 Å². The Morgan fingerprint density at radius 2 is 1.89 bits per heavy atom. The third-order valence-electron chi connectivity index (χ3n) is 3.10. The Hall–Kier alpha value is -0.540. The van der Waals surface area contributed by atoms with Gasteiger partial charge in [-0.3, -0.25) is 0 Å². The van der Waals surface area contributed by atoms with Gasteiger partial charge in [0.2, 0.25) is 0 Å². The summed E-state index contributed by atoms with van der Waals surface area (Å²) in [7, 11) is 0. The standard InChI is InChI=1S/C15H16Br2O/c1-4-11-5-6-14(18-11)15(17)12-7-10(3)13(16)8-9(12)2/h5-8,15H,4H2,1-3H3. The molecule has 2 aromatic rings. The predicted molar refractivity (Wildman–Crippen MR) is 82.5 cm³/mol. The SMILES string of the molecule is CCc1ccc(C(Br)c2cc(C)c(Br)cc2C)o1. The van der Waals surface area contributed by atoms with Crippen LogP contribution in [0.4, 0.5) is 0 Å². The number of aryl methyl sites for hydroxylation is 3. The molecule has 0 aliphatic heterocycles. The molecule has 0 bridgehead atoms. The van der Waals surface area contributed by atoms with Crippen LogP contribution in [0.2, 0.25) is 0 Å². The molecule has 18 heavy (non-hydrogen) atoms. The molecule has 0 saturated carbocycles. The summed E-state index contributed by atoms with van der Waals surface area (Å²) in [5, 5.41) is 0. The lowest BCUT2D eigenvalue weighted by molar-refractivity contribution is 0.477. The first-order valence-electron chi connectivity index (χ1n) is 6.02. The first-order chi connectivity index (χ1) is 8.52. The van der Waals surface area contributed by atoms with Gasteiger partial charge in [0.05, 0.1) is 4.83 Å². The van der Waals surface area contributed by atoms with Crippen molar-refractivity contribution < 1.29 is 4.42 Å². The highest BCUT2D eigenvalue weighted by atomic mass is 79.9. The molecule has 0 spiro atoms. The zero-order valence-corrected chi connectivity index (χ0v) is 13.9. The molecule has 3 heteroatoms. The summed E-state index contributed by atoms with van der Waals surface area (Å²) in [4.78, 5) is 0.115. The quantitative estimate of drug-likeness (QED) is 0.630. The van der Waals surface area contributed by atoms with Gasteiger partial charge in [0.25, 0.3) is 0 Å². The van der Waals surface area contributed by atoms with Crippen LogP contribution in [0.25, 0.3) is 0 Å². The van der Waals surface area contributed by atoms with E-state index >= 15 is 0 Å². The number of benzene rings is 1. The lowest BCUT2D eigenvalue weighted by Gasteiger charge is -2.13. The lowest BCUT2D eigenvalue weighted by Crippen LogP contribution is -1.96. The number of hydrogen-bond acceptors (Lipinski definition) is 1. The van der Waals surface area contributed by atoms with E-state index in [2.05, 4.69) is 70.8 Å². The molecule has 1 aromatic heterocycles. The minimum Gasteiger partial charge on any atom is -0.465 e. The van der Waals surface area contributed by atoms with Gasteiger partial charge in [-0.15, -0.1) is 0 Å². The molecule has 0 N–H and O–H groups in total. The van der Waals surface area contributed by atoms with Crippen LogP contribution < -0.4 is 0 Å². The molecule has 1 heterocycles. The number of alkyl halides is 1. The van der Waals surface area contributed by atoms with Crippen molar-refractivity contribution >= 4 is 31.9 Å². The minimum absolute atomic E-state index is 0.115. The molecule has 96 valence electrons. The first kappa shape index (κ1) is 13.9. The number of furan rings is 1. The first-order valence-corrected chi connectivity index (χ1v) is 7.73. The second kappa shape index (κ2) is 5.62. The smallest absolute Gasteiger partial charge is 0.122 e. The number of hydrogen-bond donors (Lipinski definition) is 0. The van der Waals surface area contributed by atoms with E-state index in [1.54, 1.807) is 0 Å². The maximum atomic E-state index is 5.82. The van der Waals surface area contributed by atoms with E-state index in [4.69, 9.17) is 4.42 Å². The summed E-state index contributed by atoms with van der Waals surface area (Å²) >= 11 is 7.30. The Kier molecular flexibility index (Phi) is 4.33. The van der Waals surface area contributed by atoms with Crippen LogP contribution in [0.5, 0.6) is 0 Å². The monoisotopic (exact) mass is 370 g/mol. The van der Waals surface area contributed by atoms with Crippen LogP contribution in [-0.2, 0) is 6.42 Å². The summed E-state index contributed by atoms with van der Waals surface area (Å²) in [5.74, 6) is 2.00. The highest BCUT2D eigenvalue weighted by Gasteiger charge is 2.17. The van der Waals surface area contributed by atoms with E-state index in [0.717, 1.165) is 22.4 Å². The van der Waals surface area contributed by atoms with Gasteiger partial charge in [-0.25, -0.2) is 0 Å². The normalized spacial score (nSPS) is 12.7. The predicted octanol–water partition coefficient (Wildman–Crippen LogP) is 5.71. The lowest BCUT2D eigenvalue weighted by atomic mass is 10.0. The summed E-state index contributed by atoms with van der Waals surface area (Å²) in [6.45, 7) is 6.32. The molecular weight excluding hydrogens is 356 g/mol. The zero-order chi connectivity index (χ0) is 13.3. The van der Waals surface area contributed by atoms with E-state index in [1.165, 1.54) is 16.7 Å². The van der Waals surface area contributed by atoms with Gasteiger partial charge in [0, 0.05) is 10.9 Å². The fourth-order valence-corrected chi connectivity index (χ4v) is 3.15. The van der Waals surface area contributed by atoms with Gasteiger partial charge in [0.1, 0.15) is 11.5 Å². The van der Waals surface area contributed by atoms with Crippen molar-refractivity contribution in [3.05, 3.63) is 56.9 Å². The fraction of sp³-hybridized carbons (Fsp3) is 0.333. The average Bonchev–Trinajstić information content (AvgIpc) is 2.81. The molecule has 1 aromatic carbocycles. The topological polar surface area (TPSA) is 13.1 Å².